The molecule has 0 aliphatic carbocycles. The molecule has 0 amide bonds. The molecule has 0 saturated carbocycles. The van der Waals surface area contributed by atoms with Crippen molar-refractivity contribution in [2.45, 2.75) is 78.4 Å². The molecule has 0 radical (unpaired) electrons. The third kappa shape index (κ3) is 10.4. The summed E-state index contributed by atoms with van der Waals surface area (Å²) in [7, 11) is -1.61. The normalized spacial score (nSPS) is 21.4. The summed E-state index contributed by atoms with van der Waals surface area (Å²) in [4.78, 5) is 48.7. The summed E-state index contributed by atoms with van der Waals surface area (Å²) in [6, 6.07) is 6.35. The first kappa shape index (κ1) is 32.5. The van der Waals surface area contributed by atoms with Gasteiger partial charge in [-0.15, -0.1) is 0 Å². The van der Waals surface area contributed by atoms with E-state index in [9.17, 15) is 23.7 Å². The zero-order valence-corrected chi connectivity index (χ0v) is 24.5. The predicted molar refractivity (Wildman–Crippen MR) is 140 cm³/mol. The van der Waals surface area contributed by atoms with Crippen molar-refractivity contribution in [2.75, 3.05) is 20.8 Å². The van der Waals surface area contributed by atoms with Gasteiger partial charge in [0, 0.05) is 18.3 Å². The second-order valence-corrected chi connectivity index (χ2v) is 12.6. The highest BCUT2D eigenvalue weighted by atomic mass is 31.2. The van der Waals surface area contributed by atoms with Crippen molar-refractivity contribution in [3.63, 3.8) is 0 Å². The number of benzene rings is 1. The van der Waals surface area contributed by atoms with Crippen LogP contribution in [0.1, 0.15) is 65.9 Å². The van der Waals surface area contributed by atoms with E-state index in [1.807, 2.05) is 0 Å². The van der Waals surface area contributed by atoms with Gasteiger partial charge in [0.15, 0.2) is 5.78 Å². The van der Waals surface area contributed by atoms with E-state index in [1.165, 1.54) is 26.4 Å². The second kappa shape index (κ2) is 13.5. The molecular weight excluding hydrogens is 531 g/mol. The third-order valence-electron chi connectivity index (χ3n) is 5.85. The predicted octanol–water partition coefficient (Wildman–Crippen LogP) is 4.59. The van der Waals surface area contributed by atoms with Gasteiger partial charge in [0.2, 0.25) is 0 Å². The van der Waals surface area contributed by atoms with Crippen molar-refractivity contribution in [2.24, 2.45) is 11.3 Å². The molecule has 1 aliphatic rings. The lowest BCUT2D eigenvalue weighted by Gasteiger charge is -2.39. The Morgan fingerprint density at radius 2 is 1.67 bits per heavy atom. The summed E-state index contributed by atoms with van der Waals surface area (Å²) in [6.07, 6.45) is -0.599. The first-order valence-corrected chi connectivity index (χ1v) is 14.1. The average molecular weight is 571 g/mol. The highest BCUT2D eigenvalue weighted by molar-refractivity contribution is 7.49. The standard InChI is InChI=1S/C27H39O11P/c1-26(2,3)36-23(30)16-19(25(31)34-7)15-18-11-13-20(14-12-18)37-39(32)35-17-27(4,5)24(38-39)21(28)9-8-10-22(29)33-6/h11-14,19,24H,8-10,15-17H2,1-7H3/t19-,24+,39+/m1/s1. The van der Waals surface area contributed by atoms with Gasteiger partial charge in [0.1, 0.15) is 17.5 Å². The van der Waals surface area contributed by atoms with Crippen LogP contribution >= 0.6 is 7.82 Å². The van der Waals surface area contributed by atoms with E-state index in [2.05, 4.69) is 4.74 Å². The number of rotatable bonds is 12. The first-order valence-electron chi connectivity index (χ1n) is 12.7. The van der Waals surface area contributed by atoms with Crippen LogP contribution in [0.25, 0.3) is 0 Å². The lowest BCUT2D eigenvalue weighted by molar-refractivity contribution is -0.160. The van der Waals surface area contributed by atoms with Crippen LogP contribution in [0.2, 0.25) is 0 Å². The minimum atomic E-state index is -4.13. The van der Waals surface area contributed by atoms with Crippen LogP contribution in [0.15, 0.2) is 24.3 Å². The van der Waals surface area contributed by atoms with Gasteiger partial charge in [0.05, 0.1) is 33.2 Å². The minimum absolute atomic E-state index is 0.0404. The van der Waals surface area contributed by atoms with Crippen molar-refractivity contribution >= 4 is 31.5 Å². The number of hydrogen-bond donors (Lipinski definition) is 0. The molecule has 0 unspecified atom stereocenters. The molecule has 1 saturated heterocycles. The fraction of sp³-hybridized carbons (Fsp3) is 0.630. The fourth-order valence-corrected chi connectivity index (χ4v) is 5.58. The lowest BCUT2D eigenvalue weighted by atomic mass is 9.84. The van der Waals surface area contributed by atoms with E-state index in [0.717, 1.165) is 0 Å². The molecule has 3 atom stereocenters. The Labute approximate surface area is 229 Å². The molecule has 0 aromatic heterocycles. The molecule has 2 rings (SSSR count). The largest absolute Gasteiger partial charge is 0.530 e. The summed E-state index contributed by atoms with van der Waals surface area (Å²) < 4.78 is 44.6. The SMILES string of the molecule is COC(=O)CCCC(=O)[C@@H]1O[P@](=O)(Oc2ccc(C[C@H](CC(=O)OC(C)(C)C)C(=O)OC)cc2)OCC1(C)C. The topological polar surface area (TPSA) is 141 Å². The van der Waals surface area contributed by atoms with Gasteiger partial charge < -0.3 is 18.7 Å². The summed E-state index contributed by atoms with van der Waals surface area (Å²) in [5.41, 5.74) is -0.746. The first-order chi connectivity index (χ1) is 18.1. The summed E-state index contributed by atoms with van der Waals surface area (Å²) in [5, 5.41) is 0. The number of carbonyl (C=O) groups excluding carboxylic acids is 4. The molecule has 1 aliphatic heterocycles. The summed E-state index contributed by atoms with van der Waals surface area (Å²) >= 11 is 0. The van der Waals surface area contributed by atoms with Crippen molar-refractivity contribution in [1.29, 1.82) is 0 Å². The van der Waals surface area contributed by atoms with Crippen LogP contribution < -0.4 is 4.52 Å². The van der Waals surface area contributed by atoms with Crippen molar-refractivity contribution in [3.8, 4) is 5.75 Å². The van der Waals surface area contributed by atoms with Crippen LogP contribution in [-0.2, 0) is 53.4 Å². The molecule has 39 heavy (non-hydrogen) atoms. The molecule has 11 nitrogen and oxygen atoms in total. The van der Waals surface area contributed by atoms with Gasteiger partial charge in [-0.3, -0.25) is 28.2 Å². The second-order valence-electron chi connectivity index (χ2n) is 11.0. The number of methoxy groups -OCH3 is 2. The van der Waals surface area contributed by atoms with Crippen LogP contribution in [0.5, 0.6) is 5.75 Å². The van der Waals surface area contributed by atoms with Gasteiger partial charge in [-0.2, -0.15) is 0 Å². The monoisotopic (exact) mass is 570 g/mol. The highest BCUT2D eigenvalue weighted by Crippen LogP contribution is 2.57. The molecule has 0 bridgehead atoms. The zero-order chi connectivity index (χ0) is 29.4. The molecule has 1 fully saturated rings. The van der Waals surface area contributed by atoms with E-state index >= 15 is 0 Å². The number of ether oxygens (including phenoxy) is 3. The molecule has 1 aromatic rings. The quantitative estimate of drug-likeness (QED) is 0.198. The van der Waals surface area contributed by atoms with Crippen LogP contribution in [0.4, 0.5) is 0 Å². The maximum atomic E-state index is 13.3. The van der Waals surface area contributed by atoms with Crippen LogP contribution in [-0.4, -0.2) is 56.2 Å². The third-order valence-corrected chi connectivity index (χ3v) is 7.20. The smallest absolute Gasteiger partial charge is 0.469 e. The molecule has 0 spiro atoms. The molecular formula is C27H39O11P. The Kier molecular flexibility index (Phi) is 11.3. The van der Waals surface area contributed by atoms with E-state index in [4.69, 9.17) is 23.0 Å². The van der Waals surface area contributed by atoms with Crippen molar-refractivity contribution in [1.82, 2.24) is 0 Å². The van der Waals surface area contributed by atoms with E-state index in [0.29, 0.717) is 5.56 Å². The minimum Gasteiger partial charge on any atom is -0.469 e. The van der Waals surface area contributed by atoms with Gasteiger partial charge in [-0.05, 0) is 51.3 Å². The highest BCUT2D eigenvalue weighted by Gasteiger charge is 2.49. The average Bonchev–Trinajstić information content (AvgIpc) is 2.84. The Morgan fingerprint density at radius 3 is 2.23 bits per heavy atom. The zero-order valence-electron chi connectivity index (χ0n) is 23.6. The fourth-order valence-electron chi connectivity index (χ4n) is 3.90. The number of hydrogen-bond acceptors (Lipinski definition) is 11. The van der Waals surface area contributed by atoms with E-state index < -0.39 is 48.8 Å². The number of esters is 3. The van der Waals surface area contributed by atoms with Gasteiger partial charge in [-0.25, -0.2) is 4.57 Å². The Bertz CT molecular complexity index is 1070. The van der Waals surface area contributed by atoms with Gasteiger partial charge in [-0.1, -0.05) is 26.0 Å². The van der Waals surface area contributed by atoms with E-state index in [-0.39, 0.29) is 50.2 Å². The van der Waals surface area contributed by atoms with Gasteiger partial charge in [0.25, 0.3) is 0 Å². The molecule has 1 aromatic carbocycles. The maximum Gasteiger partial charge on any atom is 0.530 e. The lowest BCUT2D eigenvalue weighted by Crippen LogP contribution is -2.45. The number of carbonyl (C=O) groups is 4. The number of phosphoric ester groups is 1. The number of Topliss-reactive ketones (excluding diaryl/α,β-unsaturated/α-hetero) is 1. The summed E-state index contributed by atoms with van der Waals surface area (Å²) in [5.74, 6) is -2.38. The maximum absolute atomic E-state index is 13.3. The van der Waals surface area contributed by atoms with Gasteiger partial charge >= 0.3 is 25.7 Å². The van der Waals surface area contributed by atoms with Crippen molar-refractivity contribution in [3.05, 3.63) is 29.8 Å². The van der Waals surface area contributed by atoms with E-state index in [1.54, 1.807) is 46.8 Å². The molecule has 0 N–H and O–H groups in total. The molecule has 12 heteroatoms. The van der Waals surface area contributed by atoms with Crippen molar-refractivity contribution < 1.29 is 51.5 Å². The molecule has 218 valence electrons. The van der Waals surface area contributed by atoms with Crippen LogP contribution in [0.3, 0.4) is 0 Å². The number of ketones is 1. The van der Waals surface area contributed by atoms with Crippen LogP contribution in [0, 0.1) is 11.3 Å². The Hall–Kier alpha value is -2.75. The molecule has 1 heterocycles. The Morgan fingerprint density at radius 1 is 1.03 bits per heavy atom. The number of phosphoric acid groups is 1. The summed E-state index contributed by atoms with van der Waals surface area (Å²) in [6.45, 7) is 8.69. The Balaban J connectivity index is 2.05.